The Bertz CT molecular complexity index is 888. The lowest BCUT2D eigenvalue weighted by atomic mass is 10.1. The van der Waals surface area contributed by atoms with E-state index in [9.17, 15) is 13.2 Å². The molecule has 2 rings (SSSR count). The fourth-order valence-corrected chi connectivity index (χ4v) is 3.65. The van der Waals surface area contributed by atoms with Crippen molar-refractivity contribution in [2.45, 2.75) is 51.2 Å². The first kappa shape index (κ1) is 22.1. The van der Waals surface area contributed by atoms with E-state index in [2.05, 4.69) is 31.0 Å². The summed E-state index contributed by atoms with van der Waals surface area (Å²) in [6, 6.07) is 14.5. The third-order valence-electron chi connectivity index (χ3n) is 4.89. The number of nitrogens with one attached hydrogen (secondary N) is 1. The molecular formula is C22H30N2O3S. The van der Waals surface area contributed by atoms with Crippen molar-refractivity contribution in [3.63, 3.8) is 0 Å². The Morgan fingerprint density at radius 2 is 1.57 bits per heavy atom. The molecular weight excluding hydrogens is 372 g/mol. The summed E-state index contributed by atoms with van der Waals surface area (Å²) in [7, 11) is -3.22. The fourth-order valence-electron chi connectivity index (χ4n) is 3.02. The summed E-state index contributed by atoms with van der Waals surface area (Å²) in [6.45, 7) is 10.2. The maximum absolute atomic E-state index is 12.5. The third-order valence-corrected chi connectivity index (χ3v) is 6.02. The SMILES string of the molecule is CCN(Cc1ccc(C(=O)NC(C)c2ccc(S(C)(=O)=O)cc2)cc1)C(C)C. The first-order chi connectivity index (χ1) is 13.1. The van der Waals surface area contributed by atoms with Crippen LogP contribution in [0.2, 0.25) is 0 Å². The number of nitrogens with zero attached hydrogens (tertiary/aromatic N) is 1. The summed E-state index contributed by atoms with van der Waals surface area (Å²) < 4.78 is 23.1. The minimum absolute atomic E-state index is 0.151. The average molecular weight is 403 g/mol. The zero-order valence-electron chi connectivity index (χ0n) is 17.3. The van der Waals surface area contributed by atoms with Crippen LogP contribution in [-0.2, 0) is 16.4 Å². The van der Waals surface area contributed by atoms with Gasteiger partial charge < -0.3 is 5.32 Å². The molecule has 2 aromatic carbocycles. The predicted molar refractivity (Wildman–Crippen MR) is 113 cm³/mol. The number of rotatable bonds is 8. The molecule has 2 aromatic rings. The lowest BCUT2D eigenvalue weighted by molar-refractivity contribution is 0.0940. The van der Waals surface area contributed by atoms with Gasteiger partial charge in [0, 0.05) is 24.4 Å². The summed E-state index contributed by atoms with van der Waals surface area (Å²) in [5.41, 5.74) is 2.64. The molecule has 0 saturated heterocycles. The van der Waals surface area contributed by atoms with Crippen LogP contribution in [-0.4, -0.2) is 38.1 Å². The molecule has 0 aliphatic rings. The van der Waals surface area contributed by atoms with Gasteiger partial charge in [0.25, 0.3) is 5.91 Å². The van der Waals surface area contributed by atoms with E-state index in [4.69, 9.17) is 0 Å². The first-order valence-electron chi connectivity index (χ1n) is 9.55. The van der Waals surface area contributed by atoms with Gasteiger partial charge in [0.2, 0.25) is 0 Å². The van der Waals surface area contributed by atoms with Gasteiger partial charge in [-0.25, -0.2) is 8.42 Å². The molecule has 1 N–H and O–H groups in total. The highest BCUT2D eigenvalue weighted by Crippen LogP contribution is 2.17. The predicted octanol–water partition coefficient (Wildman–Crippen LogP) is 3.81. The largest absolute Gasteiger partial charge is 0.346 e. The van der Waals surface area contributed by atoms with Crippen LogP contribution in [0, 0.1) is 0 Å². The number of hydrogen-bond donors (Lipinski definition) is 1. The van der Waals surface area contributed by atoms with Crippen molar-refractivity contribution in [1.29, 1.82) is 0 Å². The summed E-state index contributed by atoms with van der Waals surface area (Å²) in [5, 5.41) is 2.96. The molecule has 0 heterocycles. The molecule has 0 fully saturated rings. The van der Waals surface area contributed by atoms with Crippen molar-refractivity contribution in [2.75, 3.05) is 12.8 Å². The van der Waals surface area contributed by atoms with Crippen LogP contribution in [0.3, 0.4) is 0 Å². The van der Waals surface area contributed by atoms with Gasteiger partial charge in [0.05, 0.1) is 10.9 Å². The topological polar surface area (TPSA) is 66.5 Å². The standard InChI is InChI=1S/C22H30N2O3S/c1-6-24(16(2)3)15-18-7-9-20(10-8-18)22(25)23-17(4)19-11-13-21(14-12-19)28(5,26)27/h7-14,16-17H,6,15H2,1-5H3,(H,23,25). The van der Waals surface area contributed by atoms with Gasteiger partial charge in [0.1, 0.15) is 0 Å². The van der Waals surface area contributed by atoms with Gasteiger partial charge in [-0.3, -0.25) is 9.69 Å². The van der Waals surface area contributed by atoms with Crippen LogP contribution in [0.5, 0.6) is 0 Å². The van der Waals surface area contributed by atoms with E-state index in [1.807, 2.05) is 31.2 Å². The average Bonchev–Trinajstić information content (AvgIpc) is 2.65. The second-order valence-corrected chi connectivity index (χ2v) is 9.41. The van der Waals surface area contributed by atoms with Crippen molar-refractivity contribution in [1.82, 2.24) is 10.2 Å². The van der Waals surface area contributed by atoms with Gasteiger partial charge in [-0.05, 0) is 62.7 Å². The van der Waals surface area contributed by atoms with E-state index in [0.29, 0.717) is 11.6 Å². The van der Waals surface area contributed by atoms with Crippen LogP contribution in [0.25, 0.3) is 0 Å². The van der Waals surface area contributed by atoms with Crippen molar-refractivity contribution in [3.05, 3.63) is 65.2 Å². The molecule has 0 aliphatic carbocycles. The molecule has 0 aliphatic heterocycles. The number of carbonyl (C=O) groups is 1. The Morgan fingerprint density at radius 1 is 1.00 bits per heavy atom. The number of carbonyl (C=O) groups excluding carboxylic acids is 1. The normalized spacial score (nSPS) is 13.0. The summed E-state index contributed by atoms with van der Waals surface area (Å²) >= 11 is 0. The van der Waals surface area contributed by atoms with Crippen molar-refractivity contribution in [3.8, 4) is 0 Å². The van der Waals surface area contributed by atoms with Crippen molar-refractivity contribution < 1.29 is 13.2 Å². The summed E-state index contributed by atoms with van der Waals surface area (Å²) in [4.78, 5) is 15.2. The quantitative estimate of drug-likeness (QED) is 0.729. The number of benzene rings is 2. The molecule has 6 heteroatoms. The van der Waals surface area contributed by atoms with E-state index in [1.54, 1.807) is 24.3 Å². The highest BCUT2D eigenvalue weighted by atomic mass is 32.2. The number of amides is 1. The fraction of sp³-hybridized carbons (Fsp3) is 0.409. The van der Waals surface area contributed by atoms with Gasteiger partial charge in [0.15, 0.2) is 9.84 Å². The molecule has 5 nitrogen and oxygen atoms in total. The van der Waals surface area contributed by atoms with Crippen molar-refractivity contribution in [2.24, 2.45) is 0 Å². The molecule has 0 bridgehead atoms. The number of hydrogen-bond acceptors (Lipinski definition) is 4. The lowest BCUT2D eigenvalue weighted by Crippen LogP contribution is -2.30. The van der Waals surface area contributed by atoms with Crippen molar-refractivity contribution >= 4 is 15.7 Å². The minimum atomic E-state index is -3.22. The Hall–Kier alpha value is -2.18. The Balaban J connectivity index is 2.02. The number of sulfone groups is 1. The van der Waals surface area contributed by atoms with E-state index in [1.165, 1.54) is 11.8 Å². The van der Waals surface area contributed by atoms with Gasteiger partial charge in [-0.1, -0.05) is 31.2 Å². The van der Waals surface area contributed by atoms with E-state index >= 15 is 0 Å². The summed E-state index contributed by atoms with van der Waals surface area (Å²) in [5.74, 6) is -0.151. The van der Waals surface area contributed by atoms with Crippen LogP contribution >= 0.6 is 0 Å². The molecule has 1 atom stereocenters. The second-order valence-electron chi connectivity index (χ2n) is 7.39. The second kappa shape index (κ2) is 9.34. The zero-order chi connectivity index (χ0) is 20.9. The highest BCUT2D eigenvalue weighted by molar-refractivity contribution is 7.90. The molecule has 1 amide bonds. The Morgan fingerprint density at radius 3 is 2.04 bits per heavy atom. The molecule has 0 radical (unpaired) electrons. The molecule has 0 saturated carbocycles. The van der Waals surface area contributed by atoms with Crippen LogP contribution in [0.1, 0.15) is 55.2 Å². The van der Waals surface area contributed by atoms with Gasteiger partial charge in [-0.2, -0.15) is 0 Å². The monoisotopic (exact) mass is 402 g/mol. The van der Waals surface area contributed by atoms with E-state index < -0.39 is 9.84 Å². The van der Waals surface area contributed by atoms with Gasteiger partial charge >= 0.3 is 0 Å². The Kier molecular flexibility index (Phi) is 7.38. The zero-order valence-corrected chi connectivity index (χ0v) is 18.1. The van der Waals surface area contributed by atoms with Crippen LogP contribution < -0.4 is 5.32 Å². The van der Waals surface area contributed by atoms with E-state index in [-0.39, 0.29) is 16.8 Å². The Labute approximate surface area is 168 Å². The van der Waals surface area contributed by atoms with Crippen LogP contribution in [0.4, 0.5) is 0 Å². The molecule has 0 aromatic heterocycles. The molecule has 152 valence electrons. The molecule has 0 spiro atoms. The summed E-state index contributed by atoms with van der Waals surface area (Å²) in [6.07, 6.45) is 1.18. The first-order valence-corrected chi connectivity index (χ1v) is 11.4. The maximum Gasteiger partial charge on any atom is 0.251 e. The van der Waals surface area contributed by atoms with Crippen LogP contribution in [0.15, 0.2) is 53.4 Å². The lowest BCUT2D eigenvalue weighted by Gasteiger charge is -2.24. The highest BCUT2D eigenvalue weighted by Gasteiger charge is 2.14. The molecule has 28 heavy (non-hydrogen) atoms. The third kappa shape index (κ3) is 5.91. The van der Waals surface area contributed by atoms with Gasteiger partial charge in [-0.15, -0.1) is 0 Å². The molecule has 1 unspecified atom stereocenters. The minimum Gasteiger partial charge on any atom is -0.346 e. The van der Waals surface area contributed by atoms with E-state index in [0.717, 1.165) is 18.7 Å². The maximum atomic E-state index is 12.5. The smallest absolute Gasteiger partial charge is 0.251 e.